The van der Waals surface area contributed by atoms with Crippen molar-refractivity contribution in [2.24, 2.45) is 0 Å². The van der Waals surface area contributed by atoms with Crippen molar-refractivity contribution in [1.29, 1.82) is 0 Å². The summed E-state index contributed by atoms with van der Waals surface area (Å²) in [6, 6.07) is 6.77. The van der Waals surface area contributed by atoms with Gasteiger partial charge in [0, 0.05) is 0 Å². The minimum atomic E-state index is 0. The van der Waals surface area contributed by atoms with E-state index in [1.807, 2.05) is 0 Å². The molecule has 0 N–H and O–H groups in total. The Balaban J connectivity index is 0. The predicted molar refractivity (Wildman–Crippen MR) is 69.8 cm³/mol. The Bertz CT molecular complexity index is 303. The topological polar surface area (TPSA) is 0 Å². The first kappa shape index (κ1) is 16.2. The largest absolute Gasteiger partial charge is 1.00 e. The SMILES string of the molecule is CC(C)c1cccc(C(C)C)c1C(C)C.[H-].[Na+]. The van der Waals surface area contributed by atoms with E-state index in [0.29, 0.717) is 17.8 Å². The summed E-state index contributed by atoms with van der Waals surface area (Å²) in [6.07, 6.45) is 0. The molecule has 0 aliphatic heterocycles. The Hall–Kier alpha value is 0.220. The van der Waals surface area contributed by atoms with Crippen LogP contribution >= 0.6 is 0 Å². The van der Waals surface area contributed by atoms with Crippen molar-refractivity contribution in [2.75, 3.05) is 0 Å². The maximum atomic E-state index is 2.30. The van der Waals surface area contributed by atoms with E-state index in [1.165, 1.54) is 11.1 Å². The zero-order valence-electron chi connectivity index (χ0n) is 13.0. The van der Waals surface area contributed by atoms with Gasteiger partial charge in [-0.15, -0.1) is 0 Å². The third-order valence-electron chi connectivity index (χ3n) is 2.99. The van der Waals surface area contributed by atoms with Gasteiger partial charge in [-0.2, -0.15) is 0 Å². The van der Waals surface area contributed by atoms with Gasteiger partial charge in [0.2, 0.25) is 0 Å². The molecule has 0 radical (unpaired) electrons. The minimum Gasteiger partial charge on any atom is -1.00 e. The van der Waals surface area contributed by atoms with E-state index < -0.39 is 0 Å². The van der Waals surface area contributed by atoms with E-state index >= 15 is 0 Å². The molecular formula is C15H25Na. The first-order valence-corrected chi connectivity index (χ1v) is 6.07. The molecule has 0 heterocycles. The van der Waals surface area contributed by atoms with Gasteiger partial charge in [0.05, 0.1) is 0 Å². The van der Waals surface area contributed by atoms with Gasteiger partial charge in [0.1, 0.15) is 0 Å². The summed E-state index contributed by atoms with van der Waals surface area (Å²) in [5, 5.41) is 0. The summed E-state index contributed by atoms with van der Waals surface area (Å²) in [7, 11) is 0. The number of benzene rings is 1. The van der Waals surface area contributed by atoms with E-state index in [9.17, 15) is 0 Å². The zero-order valence-corrected chi connectivity index (χ0v) is 14.0. The molecule has 0 unspecified atom stereocenters. The van der Waals surface area contributed by atoms with Crippen LogP contribution in [0, 0.1) is 0 Å². The van der Waals surface area contributed by atoms with Gasteiger partial charge >= 0.3 is 29.6 Å². The molecule has 0 amide bonds. The summed E-state index contributed by atoms with van der Waals surface area (Å²) < 4.78 is 0. The Kier molecular flexibility index (Phi) is 6.93. The van der Waals surface area contributed by atoms with Gasteiger partial charge in [-0.25, -0.2) is 0 Å². The summed E-state index contributed by atoms with van der Waals surface area (Å²) in [4.78, 5) is 0. The van der Waals surface area contributed by atoms with Crippen LogP contribution in [0.2, 0.25) is 0 Å². The summed E-state index contributed by atoms with van der Waals surface area (Å²) in [5.74, 6) is 1.88. The molecule has 0 nitrogen and oxygen atoms in total. The molecule has 1 heteroatoms. The fraction of sp³-hybridized carbons (Fsp3) is 0.600. The molecule has 0 saturated heterocycles. The normalized spacial score (nSPS) is 11.1. The molecule has 1 rings (SSSR count). The molecule has 1 aromatic rings. The van der Waals surface area contributed by atoms with Crippen molar-refractivity contribution >= 4 is 0 Å². The Morgan fingerprint density at radius 2 is 1.12 bits per heavy atom. The summed E-state index contributed by atoms with van der Waals surface area (Å²) in [5.41, 5.74) is 4.62. The van der Waals surface area contributed by atoms with Crippen molar-refractivity contribution in [3.8, 4) is 0 Å². The molecule has 0 aliphatic rings. The number of hydrogen-bond acceptors (Lipinski definition) is 0. The quantitative estimate of drug-likeness (QED) is 0.696. The van der Waals surface area contributed by atoms with Crippen LogP contribution in [-0.4, -0.2) is 0 Å². The third-order valence-corrected chi connectivity index (χ3v) is 2.99. The van der Waals surface area contributed by atoms with Crippen molar-refractivity contribution in [2.45, 2.75) is 59.3 Å². The minimum absolute atomic E-state index is 0. The van der Waals surface area contributed by atoms with Gasteiger partial charge in [-0.1, -0.05) is 59.7 Å². The van der Waals surface area contributed by atoms with Gasteiger partial charge in [0.25, 0.3) is 0 Å². The van der Waals surface area contributed by atoms with Gasteiger partial charge in [-0.3, -0.25) is 0 Å². The standard InChI is InChI=1S/C15H24.Na.H/c1-10(2)13-8-7-9-14(11(3)4)15(13)12(5)6;;/h7-12H,1-6H3;;/q;+1;-1. The average molecular weight is 228 g/mol. The van der Waals surface area contributed by atoms with E-state index in [4.69, 9.17) is 0 Å². The number of hydrogen-bond donors (Lipinski definition) is 0. The monoisotopic (exact) mass is 228 g/mol. The molecule has 0 spiro atoms. The molecular weight excluding hydrogens is 203 g/mol. The fourth-order valence-corrected chi connectivity index (χ4v) is 2.28. The maximum Gasteiger partial charge on any atom is 1.00 e. The smallest absolute Gasteiger partial charge is 1.00 e. The van der Waals surface area contributed by atoms with E-state index in [-0.39, 0.29) is 31.0 Å². The molecule has 16 heavy (non-hydrogen) atoms. The predicted octanol–water partition coefficient (Wildman–Crippen LogP) is 2.17. The first-order chi connectivity index (χ1) is 6.95. The molecule has 0 atom stereocenters. The van der Waals surface area contributed by atoms with Crippen LogP contribution in [0.3, 0.4) is 0 Å². The summed E-state index contributed by atoms with van der Waals surface area (Å²) >= 11 is 0. The van der Waals surface area contributed by atoms with Crippen molar-refractivity contribution in [3.05, 3.63) is 34.9 Å². The van der Waals surface area contributed by atoms with Crippen molar-refractivity contribution < 1.29 is 31.0 Å². The van der Waals surface area contributed by atoms with Crippen LogP contribution in [0.15, 0.2) is 18.2 Å². The van der Waals surface area contributed by atoms with E-state index in [0.717, 1.165) is 0 Å². The van der Waals surface area contributed by atoms with Crippen LogP contribution in [0.4, 0.5) is 0 Å². The van der Waals surface area contributed by atoms with Crippen molar-refractivity contribution in [1.82, 2.24) is 0 Å². The molecule has 86 valence electrons. The average Bonchev–Trinajstić information content (AvgIpc) is 2.16. The third kappa shape index (κ3) is 3.61. The van der Waals surface area contributed by atoms with Gasteiger partial charge in [-0.05, 0) is 34.4 Å². The van der Waals surface area contributed by atoms with Crippen LogP contribution in [0.5, 0.6) is 0 Å². The van der Waals surface area contributed by atoms with Crippen molar-refractivity contribution in [3.63, 3.8) is 0 Å². The Morgan fingerprint density at radius 3 is 1.38 bits per heavy atom. The molecule has 0 saturated carbocycles. The molecule has 0 fully saturated rings. The van der Waals surface area contributed by atoms with Gasteiger partial charge in [0.15, 0.2) is 0 Å². The second-order valence-electron chi connectivity index (χ2n) is 5.31. The van der Waals surface area contributed by atoms with Crippen LogP contribution in [0.25, 0.3) is 0 Å². The molecule has 0 aliphatic carbocycles. The Morgan fingerprint density at radius 1 is 0.750 bits per heavy atom. The fourth-order valence-electron chi connectivity index (χ4n) is 2.28. The molecule has 1 aromatic carbocycles. The van der Waals surface area contributed by atoms with E-state index in [2.05, 4.69) is 59.7 Å². The maximum absolute atomic E-state index is 2.30. The van der Waals surface area contributed by atoms with Crippen LogP contribution in [0.1, 0.15) is 77.4 Å². The van der Waals surface area contributed by atoms with Crippen LogP contribution in [-0.2, 0) is 0 Å². The first-order valence-electron chi connectivity index (χ1n) is 6.07. The zero-order chi connectivity index (χ0) is 11.6. The Labute approximate surface area is 125 Å². The van der Waals surface area contributed by atoms with Crippen LogP contribution < -0.4 is 29.6 Å². The molecule has 0 aromatic heterocycles. The van der Waals surface area contributed by atoms with E-state index in [1.54, 1.807) is 5.56 Å². The summed E-state index contributed by atoms with van der Waals surface area (Å²) in [6.45, 7) is 13.7. The number of rotatable bonds is 3. The second kappa shape index (κ2) is 6.83. The van der Waals surface area contributed by atoms with Gasteiger partial charge < -0.3 is 1.43 Å². The second-order valence-corrected chi connectivity index (χ2v) is 5.31. The molecule has 0 bridgehead atoms.